The molecule has 0 aromatic heterocycles. The van der Waals surface area contributed by atoms with Gasteiger partial charge in [-0.05, 0) is 26.0 Å². The van der Waals surface area contributed by atoms with Gasteiger partial charge in [0.2, 0.25) is 0 Å². The third-order valence-corrected chi connectivity index (χ3v) is 0.936. The standard InChI is InChI=1S/C7H14N2/c1-2-3-4-7(9)5-6-8/h2-4H,5-6,8-9H2,1H3. The van der Waals surface area contributed by atoms with Gasteiger partial charge >= 0.3 is 0 Å². The minimum absolute atomic E-state index is 0.625. The fourth-order valence-electron chi connectivity index (χ4n) is 0.470. The van der Waals surface area contributed by atoms with E-state index in [1.807, 2.05) is 25.2 Å². The van der Waals surface area contributed by atoms with Gasteiger partial charge in [-0.1, -0.05) is 12.2 Å². The van der Waals surface area contributed by atoms with Crippen LogP contribution in [0.5, 0.6) is 0 Å². The van der Waals surface area contributed by atoms with Crippen LogP contribution in [0, 0.1) is 0 Å². The third-order valence-electron chi connectivity index (χ3n) is 0.936. The molecule has 0 fully saturated rings. The highest BCUT2D eigenvalue weighted by Gasteiger charge is 1.82. The second-order valence-corrected chi connectivity index (χ2v) is 1.81. The Balaban J connectivity index is 3.55. The van der Waals surface area contributed by atoms with Crippen LogP contribution < -0.4 is 11.5 Å². The molecule has 0 radical (unpaired) electrons. The summed E-state index contributed by atoms with van der Waals surface area (Å²) in [5.74, 6) is 0. The highest BCUT2D eigenvalue weighted by molar-refractivity contribution is 5.08. The van der Waals surface area contributed by atoms with Crippen LogP contribution in [0.1, 0.15) is 13.3 Å². The van der Waals surface area contributed by atoms with Crippen LogP contribution in [0.25, 0.3) is 0 Å². The van der Waals surface area contributed by atoms with Crippen molar-refractivity contribution in [2.45, 2.75) is 13.3 Å². The average molecular weight is 126 g/mol. The topological polar surface area (TPSA) is 52.0 Å². The Morgan fingerprint density at radius 2 is 2.22 bits per heavy atom. The molecule has 0 amide bonds. The lowest BCUT2D eigenvalue weighted by Gasteiger charge is -1.93. The molecular formula is C7H14N2. The molecule has 0 unspecified atom stereocenters. The fraction of sp³-hybridized carbons (Fsp3) is 0.429. The van der Waals surface area contributed by atoms with E-state index in [1.165, 1.54) is 0 Å². The van der Waals surface area contributed by atoms with Gasteiger partial charge < -0.3 is 11.5 Å². The van der Waals surface area contributed by atoms with E-state index < -0.39 is 0 Å². The lowest BCUT2D eigenvalue weighted by Crippen LogP contribution is -2.05. The smallest absolute Gasteiger partial charge is 0.00930 e. The molecule has 0 rings (SSSR count). The molecule has 4 N–H and O–H groups in total. The maximum absolute atomic E-state index is 5.50. The SMILES string of the molecule is CC=CC=C(N)CCN. The summed E-state index contributed by atoms with van der Waals surface area (Å²) in [6.07, 6.45) is 6.49. The molecule has 0 aliphatic carbocycles. The summed E-state index contributed by atoms with van der Waals surface area (Å²) in [5.41, 5.74) is 11.6. The maximum atomic E-state index is 5.50. The second-order valence-electron chi connectivity index (χ2n) is 1.81. The van der Waals surface area contributed by atoms with Gasteiger partial charge in [0, 0.05) is 5.70 Å². The Bertz CT molecular complexity index is 114. The molecule has 52 valence electrons. The van der Waals surface area contributed by atoms with Crippen molar-refractivity contribution >= 4 is 0 Å². The van der Waals surface area contributed by atoms with Crippen molar-refractivity contribution in [2.24, 2.45) is 11.5 Å². The van der Waals surface area contributed by atoms with Crippen molar-refractivity contribution in [3.05, 3.63) is 23.9 Å². The molecule has 0 heterocycles. The number of nitrogens with two attached hydrogens (primary N) is 2. The minimum Gasteiger partial charge on any atom is -0.402 e. The van der Waals surface area contributed by atoms with Crippen molar-refractivity contribution in [1.29, 1.82) is 0 Å². The van der Waals surface area contributed by atoms with E-state index in [0.29, 0.717) is 6.54 Å². The Hall–Kier alpha value is -0.760. The van der Waals surface area contributed by atoms with Gasteiger partial charge in [0.15, 0.2) is 0 Å². The van der Waals surface area contributed by atoms with Gasteiger partial charge in [0.25, 0.3) is 0 Å². The minimum atomic E-state index is 0.625. The van der Waals surface area contributed by atoms with Crippen molar-refractivity contribution in [3.8, 4) is 0 Å². The largest absolute Gasteiger partial charge is 0.402 e. The molecule has 9 heavy (non-hydrogen) atoms. The van der Waals surface area contributed by atoms with Crippen molar-refractivity contribution in [2.75, 3.05) is 6.54 Å². The molecular weight excluding hydrogens is 112 g/mol. The zero-order valence-electron chi connectivity index (χ0n) is 5.80. The van der Waals surface area contributed by atoms with Crippen LogP contribution in [0.3, 0.4) is 0 Å². The number of hydrogen-bond acceptors (Lipinski definition) is 2. The predicted octanol–water partition coefficient (Wildman–Crippen LogP) is 0.754. The first-order valence-electron chi connectivity index (χ1n) is 3.08. The van der Waals surface area contributed by atoms with E-state index in [-0.39, 0.29) is 0 Å². The molecule has 2 heteroatoms. The summed E-state index contributed by atoms with van der Waals surface area (Å²) in [5, 5.41) is 0. The summed E-state index contributed by atoms with van der Waals surface area (Å²) in [7, 11) is 0. The summed E-state index contributed by atoms with van der Waals surface area (Å²) in [4.78, 5) is 0. The molecule has 0 atom stereocenters. The van der Waals surface area contributed by atoms with Crippen LogP contribution in [0.2, 0.25) is 0 Å². The molecule has 0 saturated heterocycles. The predicted molar refractivity (Wildman–Crippen MR) is 40.8 cm³/mol. The van der Waals surface area contributed by atoms with E-state index in [4.69, 9.17) is 11.5 Å². The number of rotatable bonds is 3. The summed E-state index contributed by atoms with van der Waals surface area (Å²) in [6, 6.07) is 0. The van der Waals surface area contributed by atoms with Gasteiger partial charge in [-0.15, -0.1) is 0 Å². The van der Waals surface area contributed by atoms with Gasteiger partial charge in [0.1, 0.15) is 0 Å². The van der Waals surface area contributed by atoms with Crippen LogP contribution in [0.4, 0.5) is 0 Å². The van der Waals surface area contributed by atoms with Gasteiger partial charge in [-0.3, -0.25) is 0 Å². The summed E-state index contributed by atoms with van der Waals surface area (Å²) >= 11 is 0. The molecule has 0 aliphatic rings. The first-order valence-corrected chi connectivity index (χ1v) is 3.08. The lowest BCUT2D eigenvalue weighted by molar-refractivity contribution is 0.936. The van der Waals surface area contributed by atoms with Crippen LogP contribution in [-0.2, 0) is 0 Å². The molecule has 0 aromatic carbocycles. The monoisotopic (exact) mass is 126 g/mol. The molecule has 0 spiro atoms. The molecule has 0 bridgehead atoms. The van der Waals surface area contributed by atoms with E-state index in [0.717, 1.165) is 12.1 Å². The van der Waals surface area contributed by atoms with E-state index >= 15 is 0 Å². The zero-order chi connectivity index (χ0) is 7.11. The highest BCUT2D eigenvalue weighted by atomic mass is 14.6. The lowest BCUT2D eigenvalue weighted by atomic mass is 10.3. The van der Waals surface area contributed by atoms with Crippen molar-refractivity contribution in [3.63, 3.8) is 0 Å². The van der Waals surface area contributed by atoms with Crippen LogP contribution in [0.15, 0.2) is 23.9 Å². The van der Waals surface area contributed by atoms with E-state index in [2.05, 4.69) is 0 Å². The van der Waals surface area contributed by atoms with Crippen LogP contribution >= 0.6 is 0 Å². The van der Waals surface area contributed by atoms with Crippen LogP contribution in [-0.4, -0.2) is 6.54 Å². The molecule has 0 aliphatic heterocycles. The third kappa shape index (κ3) is 5.11. The maximum Gasteiger partial charge on any atom is 0.00930 e. The van der Waals surface area contributed by atoms with Crippen molar-refractivity contribution in [1.82, 2.24) is 0 Å². The summed E-state index contributed by atoms with van der Waals surface area (Å²) in [6.45, 7) is 2.58. The van der Waals surface area contributed by atoms with E-state index in [1.54, 1.807) is 0 Å². The Labute approximate surface area is 56.2 Å². The van der Waals surface area contributed by atoms with Gasteiger partial charge in [-0.2, -0.15) is 0 Å². The Morgan fingerprint density at radius 3 is 2.67 bits per heavy atom. The molecule has 0 aromatic rings. The molecule has 0 saturated carbocycles. The van der Waals surface area contributed by atoms with E-state index in [9.17, 15) is 0 Å². The zero-order valence-corrected chi connectivity index (χ0v) is 5.80. The second kappa shape index (κ2) is 5.38. The fourth-order valence-corrected chi connectivity index (χ4v) is 0.470. The normalized spacial score (nSPS) is 12.9. The average Bonchev–Trinajstić information content (AvgIpc) is 1.85. The Morgan fingerprint density at radius 1 is 1.56 bits per heavy atom. The summed E-state index contributed by atoms with van der Waals surface area (Å²) < 4.78 is 0. The molecule has 2 nitrogen and oxygen atoms in total. The quantitative estimate of drug-likeness (QED) is 0.548. The number of allylic oxidation sites excluding steroid dienone is 3. The van der Waals surface area contributed by atoms with Gasteiger partial charge in [-0.25, -0.2) is 0 Å². The first kappa shape index (κ1) is 8.24. The highest BCUT2D eigenvalue weighted by Crippen LogP contribution is 1.89. The number of hydrogen-bond donors (Lipinski definition) is 2. The first-order chi connectivity index (χ1) is 4.31. The van der Waals surface area contributed by atoms with Crippen molar-refractivity contribution < 1.29 is 0 Å². The van der Waals surface area contributed by atoms with Gasteiger partial charge in [0.05, 0.1) is 0 Å². The Kier molecular flexibility index (Phi) is 4.92.